The van der Waals surface area contributed by atoms with Crippen LogP contribution in [0.1, 0.15) is 194 Å². The summed E-state index contributed by atoms with van der Waals surface area (Å²) in [7, 11) is 0. The fraction of sp³-hybridized carbons (Fsp3) is 0.635. The van der Waals surface area contributed by atoms with Crippen LogP contribution >= 0.6 is 0 Å². The number of rotatable bonds is 40. The van der Waals surface area contributed by atoms with Gasteiger partial charge < -0.3 is 14.2 Å². The van der Waals surface area contributed by atoms with Crippen molar-refractivity contribution in [3.8, 4) is 0 Å². The van der Waals surface area contributed by atoms with E-state index in [0.29, 0.717) is 19.3 Å². The molecule has 0 heterocycles. The van der Waals surface area contributed by atoms with Crippen LogP contribution in [0.2, 0.25) is 0 Å². The first-order chi connectivity index (χ1) is 28.5. The molecule has 1 atom stereocenters. The number of carbonyl (C=O) groups is 3. The summed E-state index contributed by atoms with van der Waals surface area (Å²) in [5, 5.41) is 0. The molecule has 0 rings (SSSR count). The van der Waals surface area contributed by atoms with Gasteiger partial charge in [0, 0.05) is 19.3 Å². The molecular formula is C52H84O6. The van der Waals surface area contributed by atoms with Gasteiger partial charge >= 0.3 is 17.9 Å². The van der Waals surface area contributed by atoms with E-state index in [1.54, 1.807) is 0 Å². The monoisotopic (exact) mass is 805 g/mol. The third kappa shape index (κ3) is 43.5. The molecule has 58 heavy (non-hydrogen) atoms. The molecule has 6 nitrogen and oxygen atoms in total. The summed E-state index contributed by atoms with van der Waals surface area (Å²) in [5.74, 6) is -1.08. The zero-order valence-electron chi connectivity index (χ0n) is 37.3. The molecule has 0 aromatic rings. The fourth-order valence-corrected chi connectivity index (χ4v) is 5.80. The van der Waals surface area contributed by atoms with Crippen LogP contribution in [0.5, 0.6) is 0 Å². The summed E-state index contributed by atoms with van der Waals surface area (Å²) in [6.07, 6.45) is 59.8. The molecule has 0 fully saturated rings. The summed E-state index contributed by atoms with van der Waals surface area (Å²) < 4.78 is 16.6. The molecule has 0 saturated heterocycles. The van der Waals surface area contributed by atoms with E-state index >= 15 is 0 Å². The highest BCUT2D eigenvalue weighted by atomic mass is 16.6. The Morgan fingerprint density at radius 3 is 1.26 bits per heavy atom. The van der Waals surface area contributed by atoms with Crippen molar-refractivity contribution in [2.45, 2.75) is 200 Å². The quantitative estimate of drug-likeness (QED) is 0.0266. The highest BCUT2D eigenvalue weighted by Gasteiger charge is 2.19. The molecule has 0 aromatic heterocycles. The lowest BCUT2D eigenvalue weighted by Gasteiger charge is -2.18. The lowest BCUT2D eigenvalue weighted by molar-refractivity contribution is -0.166. The summed E-state index contributed by atoms with van der Waals surface area (Å²) in [6, 6.07) is 0. The molecule has 0 amide bonds. The second-order valence-corrected chi connectivity index (χ2v) is 14.9. The Morgan fingerprint density at radius 2 is 0.741 bits per heavy atom. The van der Waals surface area contributed by atoms with E-state index < -0.39 is 12.1 Å². The second-order valence-electron chi connectivity index (χ2n) is 14.9. The largest absolute Gasteiger partial charge is 0.462 e. The van der Waals surface area contributed by atoms with Crippen molar-refractivity contribution < 1.29 is 28.6 Å². The number of carbonyl (C=O) groups excluding carboxylic acids is 3. The van der Waals surface area contributed by atoms with Crippen molar-refractivity contribution in [3.05, 3.63) is 97.2 Å². The zero-order valence-corrected chi connectivity index (χ0v) is 37.3. The van der Waals surface area contributed by atoms with Crippen LogP contribution in [0.25, 0.3) is 0 Å². The minimum absolute atomic E-state index is 0.125. The Morgan fingerprint density at radius 1 is 0.362 bits per heavy atom. The third-order valence-corrected chi connectivity index (χ3v) is 9.31. The van der Waals surface area contributed by atoms with Crippen LogP contribution in [-0.4, -0.2) is 37.2 Å². The third-order valence-electron chi connectivity index (χ3n) is 9.31. The highest BCUT2D eigenvalue weighted by molar-refractivity contribution is 5.71. The van der Waals surface area contributed by atoms with Gasteiger partial charge in [-0.05, 0) is 96.3 Å². The van der Waals surface area contributed by atoms with Crippen LogP contribution in [0.4, 0.5) is 0 Å². The molecule has 0 saturated carbocycles. The molecule has 328 valence electrons. The van der Waals surface area contributed by atoms with Gasteiger partial charge in [0.05, 0.1) is 0 Å². The summed E-state index contributed by atoms with van der Waals surface area (Å²) >= 11 is 0. The van der Waals surface area contributed by atoms with Crippen LogP contribution < -0.4 is 0 Å². The number of hydrogen-bond donors (Lipinski definition) is 0. The van der Waals surface area contributed by atoms with Crippen molar-refractivity contribution >= 4 is 17.9 Å². The normalized spacial score (nSPS) is 12.9. The van der Waals surface area contributed by atoms with Crippen LogP contribution in [0.15, 0.2) is 97.2 Å². The maximum absolute atomic E-state index is 12.7. The summed E-state index contributed by atoms with van der Waals surface area (Å²) in [5.41, 5.74) is 0. The van der Waals surface area contributed by atoms with Crippen LogP contribution in [0.3, 0.4) is 0 Å². The van der Waals surface area contributed by atoms with E-state index in [1.165, 1.54) is 51.4 Å². The van der Waals surface area contributed by atoms with E-state index in [4.69, 9.17) is 14.2 Å². The van der Waals surface area contributed by atoms with Gasteiger partial charge in [0.25, 0.3) is 0 Å². The van der Waals surface area contributed by atoms with Gasteiger partial charge in [-0.1, -0.05) is 176 Å². The van der Waals surface area contributed by atoms with Gasteiger partial charge in [-0.3, -0.25) is 14.4 Å². The number of hydrogen-bond acceptors (Lipinski definition) is 6. The zero-order chi connectivity index (χ0) is 42.3. The van der Waals surface area contributed by atoms with Gasteiger partial charge in [0.15, 0.2) is 6.10 Å². The van der Waals surface area contributed by atoms with Crippen molar-refractivity contribution in [2.75, 3.05) is 13.2 Å². The molecule has 0 aliphatic carbocycles. The van der Waals surface area contributed by atoms with Crippen molar-refractivity contribution in [3.63, 3.8) is 0 Å². The first-order valence-corrected chi connectivity index (χ1v) is 23.2. The molecule has 0 spiro atoms. The van der Waals surface area contributed by atoms with Crippen molar-refractivity contribution in [1.29, 1.82) is 0 Å². The van der Waals surface area contributed by atoms with Crippen LogP contribution in [-0.2, 0) is 28.6 Å². The average molecular weight is 805 g/mol. The first-order valence-electron chi connectivity index (χ1n) is 23.2. The topological polar surface area (TPSA) is 78.9 Å². The fourth-order valence-electron chi connectivity index (χ4n) is 5.80. The van der Waals surface area contributed by atoms with Gasteiger partial charge in [0.2, 0.25) is 0 Å². The van der Waals surface area contributed by atoms with E-state index in [9.17, 15) is 14.4 Å². The Balaban J connectivity index is 4.56. The number of allylic oxidation sites excluding steroid dienone is 16. The smallest absolute Gasteiger partial charge is 0.306 e. The molecule has 0 N–H and O–H groups in total. The number of esters is 3. The molecule has 1 unspecified atom stereocenters. The van der Waals surface area contributed by atoms with Crippen molar-refractivity contribution in [2.24, 2.45) is 0 Å². The lowest BCUT2D eigenvalue weighted by atomic mass is 10.1. The van der Waals surface area contributed by atoms with Gasteiger partial charge in [-0.15, -0.1) is 0 Å². The molecule has 0 aromatic carbocycles. The Kier molecular flexibility index (Phi) is 43.1. The Labute approximate surface area is 356 Å². The highest BCUT2D eigenvalue weighted by Crippen LogP contribution is 2.11. The van der Waals surface area contributed by atoms with E-state index in [2.05, 4.69) is 112 Å². The Bertz CT molecular complexity index is 1200. The van der Waals surface area contributed by atoms with E-state index in [0.717, 1.165) is 89.9 Å². The molecule has 0 aliphatic heterocycles. The molecule has 6 heteroatoms. The summed E-state index contributed by atoms with van der Waals surface area (Å²) in [6.45, 7) is 6.33. The van der Waals surface area contributed by atoms with E-state index in [1.807, 2.05) is 6.08 Å². The molecule has 0 aliphatic rings. The maximum Gasteiger partial charge on any atom is 0.306 e. The second kappa shape index (κ2) is 46.0. The van der Waals surface area contributed by atoms with Gasteiger partial charge in [0.1, 0.15) is 13.2 Å². The summed E-state index contributed by atoms with van der Waals surface area (Å²) in [4.78, 5) is 37.7. The first kappa shape index (κ1) is 54.3. The maximum atomic E-state index is 12.7. The predicted octanol–water partition coefficient (Wildman–Crippen LogP) is 15.0. The molecule has 0 radical (unpaired) electrons. The van der Waals surface area contributed by atoms with Crippen molar-refractivity contribution in [1.82, 2.24) is 0 Å². The molecule has 0 bridgehead atoms. The van der Waals surface area contributed by atoms with Crippen LogP contribution in [0, 0.1) is 0 Å². The standard InChI is InChI=1S/C52H84O6/c1-4-7-10-13-16-19-22-24-25-26-27-29-30-33-36-39-42-45-51(54)57-48-49(47-56-50(53)44-41-38-35-32-21-18-15-12-9-6-3)58-52(55)46-43-40-37-34-31-28-23-20-17-14-11-8-5-2/h7,10,15-16,18-19,24-25,27-29,31,33,36-37,40,49H,4-6,8-9,11-14,17,20-23,26,30,32,34-35,38-39,41-48H2,1-3H3/b10-7-,18-15-,19-16-,25-24-,29-27-,31-28-,36-33-,40-37-. The Hall–Kier alpha value is -3.67. The average Bonchev–Trinajstić information content (AvgIpc) is 3.22. The minimum Gasteiger partial charge on any atom is -0.462 e. The van der Waals surface area contributed by atoms with Gasteiger partial charge in [-0.2, -0.15) is 0 Å². The minimum atomic E-state index is -0.834. The predicted molar refractivity (Wildman–Crippen MR) is 247 cm³/mol. The lowest BCUT2D eigenvalue weighted by Crippen LogP contribution is -2.30. The number of unbranched alkanes of at least 4 members (excludes halogenated alkanes) is 13. The number of ether oxygens (including phenoxy) is 3. The van der Waals surface area contributed by atoms with Gasteiger partial charge in [-0.25, -0.2) is 0 Å². The SMILES string of the molecule is CC/C=C\C/C=C\C/C=C\C/C=C\C/C=C\CCCC(=O)OCC(COC(=O)CCCCCC/C=C\CCCC)OC(=O)CC/C=C\C/C=C\CCCCCCCC. The molecular weight excluding hydrogens is 721 g/mol. The van der Waals surface area contributed by atoms with E-state index in [-0.39, 0.29) is 38.0 Å².